The van der Waals surface area contributed by atoms with E-state index in [-0.39, 0.29) is 46.5 Å². The number of esters is 2. The highest BCUT2D eigenvalue weighted by molar-refractivity contribution is 7.81. The zero-order valence-electron chi connectivity index (χ0n) is 44.8. The molecule has 2 N–H and O–H groups in total. The van der Waals surface area contributed by atoms with Crippen LogP contribution in [-0.2, 0) is 29.9 Å². The largest absolute Gasteiger partial charge is 0.507 e. The van der Waals surface area contributed by atoms with E-state index >= 15 is 0 Å². The molecule has 2 rings (SSSR count). The average Bonchev–Trinajstić information content (AvgIpc) is 3.28. The predicted octanol–water partition coefficient (Wildman–Crippen LogP) is 18.4. The van der Waals surface area contributed by atoms with Gasteiger partial charge in [-0.25, -0.2) is 0 Å². The molecule has 6 nitrogen and oxygen atoms in total. The topological polar surface area (TPSA) is 93.1 Å². The summed E-state index contributed by atoms with van der Waals surface area (Å²) in [6.07, 6.45) is 36.8. The van der Waals surface area contributed by atoms with Crippen LogP contribution in [0.25, 0.3) is 0 Å². The van der Waals surface area contributed by atoms with E-state index in [2.05, 4.69) is 80.6 Å². The zero-order chi connectivity index (χ0) is 50.1. The number of benzene rings is 2. The first kappa shape index (κ1) is 62.7. The standard InChI is InChI=1S/C30H52O3S.C29H50O3S/c1-8-9-10-11-12-13-14-15-16-17-18-19-26(33-27(31)22-34)23-20-24(29(2,3)4)28(32)25(21-23)30(5,6)7;1-4-5-6-7-8-9-10-11-12-13-14-15-16-17-18-19-20-27(32-28(30)23-33)26-21-24(2)29(31)25(3)22-26/h20-21,26,32,34H,8-19,22H2,1-7H3;21-22,27,31,33H,4-20,23H2,1-3H3. The van der Waals surface area contributed by atoms with Gasteiger partial charge in [0.1, 0.15) is 23.7 Å². The zero-order valence-corrected chi connectivity index (χ0v) is 46.6. The van der Waals surface area contributed by atoms with Crippen molar-refractivity contribution in [2.24, 2.45) is 0 Å². The Morgan fingerprint density at radius 3 is 0.955 bits per heavy atom. The molecule has 0 amide bonds. The lowest BCUT2D eigenvalue weighted by Crippen LogP contribution is -2.20. The van der Waals surface area contributed by atoms with Gasteiger partial charge in [0, 0.05) is 0 Å². The molecule has 2 aromatic carbocycles. The van der Waals surface area contributed by atoms with Crippen molar-refractivity contribution in [2.75, 3.05) is 11.5 Å². The number of phenolic OH excluding ortho intramolecular Hbond substituents is 2. The summed E-state index contributed by atoms with van der Waals surface area (Å²) < 4.78 is 11.5. The minimum Gasteiger partial charge on any atom is -0.507 e. The minimum atomic E-state index is -0.305. The fraction of sp³-hybridized carbons (Fsp3) is 0.763. The third-order valence-corrected chi connectivity index (χ3v) is 13.7. The number of aromatic hydroxyl groups is 2. The van der Waals surface area contributed by atoms with Crippen LogP contribution < -0.4 is 0 Å². The molecule has 386 valence electrons. The second kappa shape index (κ2) is 36.6. The molecule has 0 heterocycles. The molecular formula is C59H102O6S2. The average molecular weight is 972 g/mol. The Balaban J connectivity index is 0.000000670. The van der Waals surface area contributed by atoms with Crippen molar-refractivity contribution in [3.63, 3.8) is 0 Å². The van der Waals surface area contributed by atoms with Crippen molar-refractivity contribution in [2.45, 2.75) is 278 Å². The van der Waals surface area contributed by atoms with E-state index in [9.17, 15) is 19.8 Å². The van der Waals surface area contributed by atoms with E-state index in [4.69, 9.17) is 9.47 Å². The van der Waals surface area contributed by atoms with E-state index in [1.807, 2.05) is 38.1 Å². The van der Waals surface area contributed by atoms with Crippen LogP contribution >= 0.6 is 25.3 Å². The van der Waals surface area contributed by atoms with Crippen molar-refractivity contribution in [3.8, 4) is 11.5 Å². The third-order valence-electron chi connectivity index (χ3n) is 13.2. The molecule has 0 bridgehead atoms. The van der Waals surface area contributed by atoms with Crippen molar-refractivity contribution in [3.05, 3.63) is 57.6 Å². The fourth-order valence-electron chi connectivity index (χ4n) is 9.01. The lowest BCUT2D eigenvalue weighted by atomic mass is 9.77. The van der Waals surface area contributed by atoms with E-state index in [1.165, 1.54) is 154 Å². The van der Waals surface area contributed by atoms with Gasteiger partial charge in [0.25, 0.3) is 0 Å². The second-order valence-electron chi connectivity index (χ2n) is 21.7. The van der Waals surface area contributed by atoms with Crippen LogP contribution in [0, 0.1) is 13.8 Å². The molecule has 0 aliphatic heterocycles. The number of phenols is 2. The summed E-state index contributed by atoms with van der Waals surface area (Å²) in [5, 5.41) is 21.1. The molecule has 0 radical (unpaired) electrons. The maximum Gasteiger partial charge on any atom is 0.316 e. The quantitative estimate of drug-likeness (QED) is 0.0312. The van der Waals surface area contributed by atoms with Gasteiger partial charge < -0.3 is 19.7 Å². The normalized spacial score (nSPS) is 12.7. The molecule has 2 atom stereocenters. The van der Waals surface area contributed by atoms with Gasteiger partial charge in [-0.1, -0.05) is 216 Å². The molecule has 8 heteroatoms. The molecule has 0 spiro atoms. The molecule has 0 aliphatic rings. The summed E-state index contributed by atoms with van der Waals surface area (Å²) >= 11 is 8.17. The van der Waals surface area contributed by atoms with Crippen LogP contribution in [0.5, 0.6) is 11.5 Å². The molecule has 0 saturated heterocycles. The summed E-state index contributed by atoms with van der Waals surface area (Å²) in [4.78, 5) is 24.0. The number of rotatable bonds is 35. The Labute approximate surface area is 423 Å². The predicted molar refractivity (Wildman–Crippen MR) is 294 cm³/mol. The van der Waals surface area contributed by atoms with Crippen LogP contribution in [-0.4, -0.2) is 33.7 Å². The van der Waals surface area contributed by atoms with Crippen LogP contribution in [0.3, 0.4) is 0 Å². The summed E-state index contributed by atoms with van der Waals surface area (Å²) in [5.74, 6) is 0.261. The minimum absolute atomic E-state index is 0.0745. The second-order valence-corrected chi connectivity index (χ2v) is 22.3. The smallest absolute Gasteiger partial charge is 0.316 e. The SMILES string of the molecule is CCCCCCCCCCCCCC(OC(=O)CS)c1cc(C(C)(C)C)c(O)c(C(C)(C)C)c1.CCCCCCCCCCCCCCCCCCC(OC(=O)CS)c1cc(C)c(O)c(C)c1. The lowest BCUT2D eigenvalue weighted by Gasteiger charge is -2.30. The first-order chi connectivity index (χ1) is 31.9. The van der Waals surface area contributed by atoms with Gasteiger partial charge in [-0.15, -0.1) is 0 Å². The maximum absolute atomic E-state index is 12.2. The highest BCUT2D eigenvalue weighted by Gasteiger charge is 2.29. The monoisotopic (exact) mass is 971 g/mol. The molecule has 2 unspecified atom stereocenters. The van der Waals surface area contributed by atoms with E-state index in [1.54, 1.807) is 0 Å². The number of ether oxygens (including phenoxy) is 2. The Morgan fingerprint density at radius 2 is 0.701 bits per heavy atom. The van der Waals surface area contributed by atoms with Crippen molar-refractivity contribution in [1.29, 1.82) is 0 Å². The maximum atomic E-state index is 12.2. The Morgan fingerprint density at radius 1 is 0.448 bits per heavy atom. The number of hydrogen-bond donors (Lipinski definition) is 4. The van der Waals surface area contributed by atoms with Crippen LogP contribution in [0.15, 0.2) is 24.3 Å². The molecule has 0 aliphatic carbocycles. The number of hydrogen-bond acceptors (Lipinski definition) is 8. The third kappa shape index (κ3) is 28.2. The number of unbranched alkanes of at least 4 members (excludes halogenated alkanes) is 25. The van der Waals surface area contributed by atoms with Gasteiger partial charge in [0.2, 0.25) is 0 Å². The number of thiol groups is 2. The van der Waals surface area contributed by atoms with Crippen molar-refractivity contribution in [1.82, 2.24) is 0 Å². The fourth-order valence-corrected chi connectivity index (χ4v) is 9.16. The molecule has 0 aromatic heterocycles. The van der Waals surface area contributed by atoms with E-state index in [0.29, 0.717) is 11.5 Å². The molecular weight excluding hydrogens is 869 g/mol. The van der Waals surface area contributed by atoms with Gasteiger partial charge in [0.15, 0.2) is 0 Å². The summed E-state index contributed by atoms with van der Waals surface area (Å²) in [7, 11) is 0. The van der Waals surface area contributed by atoms with Gasteiger partial charge in [-0.05, 0) is 108 Å². The van der Waals surface area contributed by atoms with Gasteiger partial charge in [-0.3, -0.25) is 9.59 Å². The van der Waals surface area contributed by atoms with E-state index < -0.39 is 0 Å². The number of carbonyl (C=O) groups excluding carboxylic acids is 2. The molecule has 2 aromatic rings. The van der Waals surface area contributed by atoms with Gasteiger partial charge >= 0.3 is 11.9 Å². The highest BCUT2D eigenvalue weighted by Crippen LogP contribution is 2.42. The summed E-state index contributed by atoms with van der Waals surface area (Å²) in [6, 6.07) is 7.95. The molecule has 0 fully saturated rings. The Bertz CT molecular complexity index is 1550. The Hall–Kier alpha value is -2.32. The number of aryl methyl sites for hydroxylation is 2. The van der Waals surface area contributed by atoms with Crippen LogP contribution in [0.1, 0.15) is 287 Å². The first-order valence-corrected chi connectivity index (χ1v) is 28.5. The summed E-state index contributed by atoms with van der Waals surface area (Å²) in [5.41, 5.74) is 4.98. The van der Waals surface area contributed by atoms with Gasteiger partial charge in [0.05, 0.1) is 11.5 Å². The lowest BCUT2D eigenvalue weighted by molar-refractivity contribution is -0.147. The molecule has 0 saturated carbocycles. The van der Waals surface area contributed by atoms with Crippen LogP contribution in [0.4, 0.5) is 0 Å². The Kier molecular flexibility index (Phi) is 34.2. The van der Waals surface area contributed by atoms with Crippen molar-refractivity contribution < 1.29 is 29.3 Å². The highest BCUT2D eigenvalue weighted by atomic mass is 32.1. The first-order valence-electron chi connectivity index (χ1n) is 27.2. The van der Waals surface area contributed by atoms with E-state index in [0.717, 1.165) is 65.5 Å². The van der Waals surface area contributed by atoms with Crippen molar-refractivity contribution >= 4 is 37.2 Å². The van der Waals surface area contributed by atoms with Gasteiger partial charge in [-0.2, -0.15) is 25.3 Å². The number of carbonyl (C=O) groups is 2. The van der Waals surface area contributed by atoms with Crippen LogP contribution in [0.2, 0.25) is 0 Å². The molecule has 67 heavy (non-hydrogen) atoms. The summed E-state index contributed by atoms with van der Waals surface area (Å²) in [6.45, 7) is 21.0.